The monoisotopic (exact) mass is 262 g/mol. The fourth-order valence-corrected chi connectivity index (χ4v) is 1.60. The van der Waals surface area contributed by atoms with Gasteiger partial charge in [0.2, 0.25) is 5.76 Å². The lowest BCUT2D eigenvalue weighted by Gasteiger charge is -2.02. The molecule has 2 rings (SSSR count). The zero-order valence-electron chi connectivity index (χ0n) is 9.66. The molecule has 0 radical (unpaired) electrons. The quantitative estimate of drug-likeness (QED) is 0.725. The van der Waals surface area contributed by atoms with Crippen molar-refractivity contribution in [3.8, 4) is 11.5 Å². The number of rotatable bonds is 4. The molecule has 0 saturated heterocycles. The Kier molecular flexibility index (Phi) is 3.24. The van der Waals surface area contributed by atoms with Crippen LogP contribution in [0.4, 0.5) is 0 Å². The number of carbonyl (C=O) groups is 2. The number of benzene rings is 1. The predicted octanol–water partition coefficient (Wildman–Crippen LogP) is 1.81. The average Bonchev–Trinajstić information content (AvgIpc) is 2.77. The number of hydrogen-bond acceptors (Lipinski definition) is 5. The molecule has 2 aromatic rings. The van der Waals surface area contributed by atoms with Crippen LogP contribution in [-0.2, 0) is 6.42 Å². The third-order valence-electron chi connectivity index (χ3n) is 2.49. The fraction of sp³-hybridized carbons (Fsp3) is 0.0769. The van der Waals surface area contributed by atoms with Gasteiger partial charge in [-0.05, 0) is 24.3 Å². The number of phenols is 2. The van der Waals surface area contributed by atoms with E-state index in [9.17, 15) is 14.7 Å². The Balaban J connectivity index is 2.18. The van der Waals surface area contributed by atoms with Crippen molar-refractivity contribution in [3.05, 3.63) is 47.4 Å². The van der Waals surface area contributed by atoms with Crippen molar-refractivity contribution in [2.75, 3.05) is 0 Å². The summed E-state index contributed by atoms with van der Waals surface area (Å²) in [6.07, 6.45) is -0.175. The van der Waals surface area contributed by atoms with E-state index >= 15 is 0 Å². The minimum absolute atomic E-state index is 0.0334. The van der Waals surface area contributed by atoms with Gasteiger partial charge in [-0.3, -0.25) is 4.79 Å². The van der Waals surface area contributed by atoms with Crippen LogP contribution in [0.5, 0.6) is 11.5 Å². The van der Waals surface area contributed by atoms with Crippen LogP contribution in [0.1, 0.15) is 26.7 Å². The summed E-state index contributed by atoms with van der Waals surface area (Å²) in [5.41, 5.74) is 0.0334. The van der Waals surface area contributed by atoms with Crippen LogP contribution in [0, 0.1) is 0 Å². The smallest absolute Gasteiger partial charge is 0.371 e. The molecule has 0 fully saturated rings. The normalized spacial score (nSPS) is 10.3. The van der Waals surface area contributed by atoms with Crippen LogP contribution in [0.15, 0.2) is 34.7 Å². The maximum atomic E-state index is 11.9. The van der Waals surface area contributed by atoms with Gasteiger partial charge < -0.3 is 19.7 Å². The first-order valence-corrected chi connectivity index (χ1v) is 5.34. The van der Waals surface area contributed by atoms with E-state index in [2.05, 4.69) is 0 Å². The van der Waals surface area contributed by atoms with Gasteiger partial charge in [0.25, 0.3) is 0 Å². The van der Waals surface area contributed by atoms with Crippen LogP contribution in [0.2, 0.25) is 0 Å². The van der Waals surface area contributed by atoms with E-state index in [0.717, 1.165) is 6.07 Å². The van der Waals surface area contributed by atoms with E-state index in [4.69, 9.17) is 14.6 Å². The van der Waals surface area contributed by atoms with E-state index in [0.29, 0.717) is 0 Å². The molecule has 1 aromatic carbocycles. The summed E-state index contributed by atoms with van der Waals surface area (Å²) in [5, 5.41) is 27.3. The zero-order chi connectivity index (χ0) is 14.0. The lowest BCUT2D eigenvalue weighted by Crippen LogP contribution is -2.03. The molecule has 6 heteroatoms. The number of carboxylic acids is 1. The summed E-state index contributed by atoms with van der Waals surface area (Å²) in [7, 11) is 0. The van der Waals surface area contributed by atoms with Crippen molar-refractivity contribution in [1.29, 1.82) is 0 Å². The number of phenolic OH excluding ortho intramolecular Hbond substituents is 2. The molecule has 1 heterocycles. The van der Waals surface area contributed by atoms with Gasteiger partial charge in [0.15, 0.2) is 5.78 Å². The Morgan fingerprint density at radius 1 is 1.11 bits per heavy atom. The summed E-state index contributed by atoms with van der Waals surface area (Å²) in [4.78, 5) is 22.5. The molecule has 0 aliphatic heterocycles. The molecule has 0 amide bonds. The molecule has 0 aliphatic rings. The highest BCUT2D eigenvalue weighted by Crippen LogP contribution is 2.24. The van der Waals surface area contributed by atoms with E-state index in [1.165, 1.54) is 24.3 Å². The van der Waals surface area contributed by atoms with Crippen LogP contribution < -0.4 is 0 Å². The molecule has 3 N–H and O–H groups in total. The number of hydrogen-bond donors (Lipinski definition) is 3. The second kappa shape index (κ2) is 4.85. The van der Waals surface area contributed by atoms with E-state index in [-0.39, 0.29) is 35.0 Å². The van der Waals surface area contributed by atoms with Crippen molar-refractivity contribution < 1.29 is 29.3 Å². The Bertz CT molecular complexity index is 640. The highest BCUT2D eigenvalue weighted by atomic mass is 16.4. The molecule has 0 unspecified atom stereocenters. The summed E-state index contributed by atoms with van der Waals surface area (Å²) in [5.74, 6) is -2.21. The second-order valence-electron chi connectivity index (χ2n) is 3.87. The lowest BCUT2D eigenvalue weighted by molar-refractivity contribution is 0.0658. The molecule has 19 heavy (non-hydrogen) atoms. The number of ketones is 1. The van der Waals surface area contributed by atoms with Crippen LogP contribution >= 0.6 is 0 Å². The van der Waals surface area contributed by atoms with Gasteiger partial charge in [-0.1, -0.05) is 0 Å². The zero-order valence-corrected chi connectivity index (χ0v) is 9.66. The predicted molar refractivity (Wildman–Crippen MR) is 63.5 cm³/mol. The summed E-state index contributed by atoms with van der Waals surface area (Å²) < 4.78 is 4.95. The molecule has 0 atom stereocenters. The van der Waals surface area contributed by atoms with Crippen molar-refractivity contribution >= 4 is 11.8 Å². The highest BCUT2D eigenvalue weighted by molar-refractivity contribution is 5.99. The van der Waals surface area contributed by atoms with Gasteiger partial charge in [0.1, 0.15) is 17.3 Å². The second-order valence-corrected chi connectivity index (χ2v) is 3.87. The van der Waals surface area contributed by atoms with Crippen molar-refractivity contribution in [2.45, 2.75) is 6.42 Å². The van der Waals surface area contributed by atoms with Gasteiger partial charge in [-0.2, -0.15) is 0 Å². The first-order valence-electron chi connectivity index (χ1n) is 5.34. The molecular formula is C13H10O6. The maximum Gasteiger partial charge on any atom is 0.371 e. The lowest BCUT2D eigenvalue weighted by atomic mass is 10.1. The number of carbonyl (C=O) groups excluding carboxylic acids is 1. The largest absolute Gasteiger partial charge is 0.508 e. The van der Waals surface area contributed by atoms with Crippen molar-refractivity contribution in [3.63, 3.8) is 0 Å². The molecule has 0 aliphatic carbocycles. The van der Waals surface area contributed by atoms with E-state index in [1.54, 1.807) is 0 Å². The number of carboxylic acid groups (broad SMARTS) is 1. The fourth-order valence-electron chi connectivity index (χ4n) is 1.60. The number of aromatic carboxylic acids is 1. The average molecular weight is 262 g/mol. The van der Waals surface area contributed by atoms with Crippen LogP contribution in [0.25, 0.3) is 0 Å². The van der Waals surface area contributed by atoms with Gasteiger partial charge in [0.05, 0.1) is 12.0 Å². The Morgan fingerprint density at radius 2 is 1.84 bits per heavy atom. The summed E-state index contributed by atoms with van der Waals surface area (Å²) in [6.45, 7) is 0. The molecular weight excluding hydrogens is 252 g/mol. The first kappa shape index (κ1) is 12.7. The Hall–Kier alpha value is -2.76. The molecule has 0 saturated carbocycles. The van der Waals surface area contributed by atoms with Crippen molar-refractivity contribution in [1.82, 2.24) is 0 Å². The summed E-state index contributed by atoms with van der Waals surface area (Å²) >= 11 is 0. The van der Waals surface area contributed by atoms with Gasteiger partial charge >= 0.3 is 5.97 Å². The SMILES string of the molecule is O=C(O)c1ccc(CC(=O)c2ccc(O)cc2O)o1. The number of furan rings is 1. The maximum absolute atomic E-state index is 11.9. The number of aromatic hydroxyl groups is 2. The molecule has 1 aromatic heterocycles. The molecule has 98 valence electrons. The minimum atomic E-state index is -1.22. The minimum Gasteiger partial charge on any atom is -0.508 e. The van der Waals surface area contributed by atoms with Crippen LogP contribution in [-0.4, -0.2) is 27.1 Å². The van der Waals surface area contributed by atoms with Gasteiger partial charge in [0, 0.05) is 6.07 Å². The topological polar surface area (TPSA) is 108 Å². The van der Waals surface area contributed by atoms with Crippen molar-refractivity contribution in [2.24, 2.45) is 0 Å². The summed E-state index contributed by atoms with van der Waals surface area (Å²) in [6, 6.07) is 6.25. The standard InChI is InChI=1S/C13H10O6/c14-7-1-3-9(10(15)5-7)11(16)6-8-2-4-12(19-8)13(17)18/h1-5,14-15H,6H2,(H,17,18). The third kappa shape index (κ3) is 2.74. The van der Waals surface area contributed by atoms with Gasteiger partial charge in [-0.15, -0.1) is 0 Å². The highest BCUT2D eigenvalue weighted by Gasteiger charge is 2.16. The molecule has 0 spiro atoms. The third-order valence-corrected chi connectivity index (χ3v) is 2.49. The molecule has 6 nitrogen and oxygen atoms in total. The Morgan fingerprint density at radius 3 is 2.42 bits per heavy atom. The van der Waals surface area contributed by atoms with Gasteiger partial charge in [-0.25, -0.2) is 4.79 Å². The Labute approximate surface area is 107 Å². The first-order chi connectivity index (χ1) is 8.97. The molecule has 0 bridgehead atoms. The van der Waals surface area contributed by atoms with E-state index < -0.39 is 11.8 Å². The number of Topliss-reactive ketones (excluding diaryl/α,β-unsaturated/α-hetero) is 1. The van der Waals surface area contributed by atoms with Crippen LogP contribution in [0.3, 0.4) is 0 Å². The van der Waals surface area contributed by atoms with E-state index in [1.807, 2.05) is 0 Å².